The number of sulfonamides is 1. The van der Waals surface area contributed by atoms with E-state index in [4.69, 9.17) is 0 Å². The molecule has 2 aromatic carbocycles. The minimum atomic E-state index is -3.88. The maximum Gasteiger partial charge on any atom is 0.272 e. The number of amides is 2. The van der Waals surface area contributed by atoms with E-state index in [2.05, 4.69) is 14.7 Å². The highest BCUT2D eigenvalue weighted by molar-refractivity contribution is 7.93. The number of anilines is 1. The summed E-state index contributed by atoms with van der Waals surface area (Å²) in [5, 5.41) is 0.725. The fourth-order valence-electron chi connectivity index (χ4n) is 4.13. The first kappa shape index (κ1) is 23.4. The summed E-state index contributed by atoms with van der Waals surface area (Å²) in [6.45, 7) is 1.63. The van der Waals surface area contributed by atoms with Crippen molar-refractivity contribution in [2.75, 3.05) is 30.9 Å². The van der Waals surface area contributed by atoms with E-state index in [1.807, 2.05) is 0 Å². The van der Waals surface area contributed by atoms with Crippen LogP contribution in [0.15, 0.2) is 90.1 Å². The lowest BCUT2D eigenvalue weighted by atomic mass is 10.1. The number of nitrogens with one attached hydrogen (secondary N) is 1. The Bertz CT molecular complexity index is 1510. The highest BCUT2D eigenvalue weighted by Crippen LogP contribution is 2.23. The molecule has 3 heterocycles. The fraction of sp³-hybridized carbons (Fsp3) is 0.154. The van der Waals surface area contributed by atoms with Gasteiger partial charge < -0.3 is 9.80 Å². The average molecular weight is 502 g/mol. The Hall–Kier alpha value is -4.31. The molecule has 1 aliphatic heterocycles. The predicted octanol–water partition coefficient (Wildman–Crippen LogP) is 3.03. The van der Waals surface area contributed by atoms with E-state index in [1.165, 1.54) is 6.07 Å². The molecule has 5 rings (SSSR count). The first-order valence-electron chi connectivity index (χ1n) is 11.4. The monoisotopic (exact) mass is 501 g/mol. The first-order chi connectivity index (χ1) is 17.4. The molecule has 1 fully saturated rings. The van der Waals surface area contributed by atoms with Crippen molar-refractivity contribution in [1.82, 2.24) is 19.8 Å². The molecule has 9 nitrogen and oxygen atoms in total. The summed E-state index contributed by atoms with van der Waals surface area (Å²) in [5.41, 5.74) is 1.55. The van der Waals surface area contributed by atoms with Crippen LogP contribution in [0.2, 0.25) is 0 Å². The predicted molar refractivity (Wildman–Crippen MR) is 135 cm³/mol. The molecule has 0 saturated carbocycles. The van der Waals surface area contributed by atoms with Gasteiger partial charge in [0.15, 0.2) is 0 Å². The molecule has 2 amide bonds. The Labute approximate surface area is 208 Å². The molecule has 1 aliphatic rings. The normalized spacial score (nSPS) is 14.0. The van der Waals surface area contributed by atoms with Crippen molar-refractivity contribution >= 4 is 38.4 Å². The van der Waals surface area contributed by atoms with E-state index in [0.29, 0.717) is 48.6 Å². The van der Waals surface area contributed by atoms with E-state index >= 15 is 0 Å². The van der Waals surface area contributed by atoms with Crippen LogP contribution in [-0.4, -0.2) is 66.2 Å². The smallest absolute Gasteiger partial charge is 0.272 e. The number of carbonyl (C=O) groups is 2. The molecule has 182 valence electrons. The number of piperazine rings is 1. The molecular weight excluding hydrogens is 478 g/mol. The summed E-state index contributed by atoms with van der Waals surface area (Å²) in [6, 6.07) is 20.0. The standard InChI is InChI=1S/C26H23N5O4S/c32-25(30-15-17-31(18-16-30)26(33)22-7-1-2-13-27-22)20-9-11-21(12-10-20)29-36(34,35)23-8-3-5-19-6-4-14-28-24(19)23/h1-14,29H,15-18H2. The van der Waals surface area contributed by atoms with Gasteiger partial charge in [0.05, 0.1) is 5.52 Å². The number of rotatable bonds is 5. The molecule has 0 aliphatic carbocycles. The highest BCUT2D eigenvalue weighted by Gasteiger charge is 2.26. The third kappa shape index (κ3) is 4.76. The van der Waals surface area contributed by atoms with Gasteiger partial charge in [0, 0.05) is 55.2 Å². The lowest BCUT2D eigenvalue weighted by Gasteiger charge is -2.34. The van der Waals surface area contributed by atoms with E-state index in [9.17, 15) is 18.0 Å². The largest absolute Gasteiger partial charge is 0.335 e. The number of benzene rings is 2. The molecule has 2 aromatic heterocycles. The van der Waals surface area contributed by atoms with Crippen molar-refractivity contribution < 1.29 is 18.0 Å². The van der Waals surface area contributed by atoms with Gasteiger partial charge in [0.1, 0.15) is 10.6 Å². The summed E-state index contributed by atoms with van der Waals surface area (Å²) in [6.07, 6.45) is 3.13. The molecule has 0 bridgehead atoms. The number of hydrogen-bond acceptors (Lipinski definition) is 6. The quantitative estimate of drug-likeness (QED) is 0.450. The summed E-state index contributed by atoms with van der Waals surface area (Å²) in [7, 11) is -3.88. The zero-order valence-electron chi connectivity index (χ0n) is 19.2. The molecule has 0 spiro atoms. The zero-order chi connectivity index (χ0) is 25.1. The Morgan fingerprint density at radius 2 is 1.39 bits per heavy atom. The van der Waals surface area contributed by atoms with Crippen molar-refractivity contribution in [3.05, 3.63) is 96.4 Å². The van der Waals surface area contributed by atoms with Crippen molar-refractivity contribution in [3.63, 3.8) is 0 Å². The first-order valence-corrected chi connectivity index (χ1v) is 12.9. The number of pyridine rings is 2. The number of fused-ring (bicyclic) bond motifs is 1. The number of hydrogen-bond donors (Lipinski definition) is 1. The van der Waals surface area contributed by atoms with E-state index in [0.717, 1.165) is 5.39 Å². The van der Waals surface area contributed by atoms with Gasteiger partial charge in [-0.1, -0.05) is 24.3 Å². The summed E-state index contributed by atoms with van der Waals surface area (Å²) in [4.78, 5) is 37.3. The third-order valence-electron chi connectivity index (χ3n) is 6.01. The van der Waals surface area contributed by atoms with Crippen LogP contribution in [0.25, 0.3) is 10.9 Å². The zero-order valence-corrected chi connectivity index (χ0v) is 20.1. The van der Waals surface area contributed by atoms with Crippen LogP contribution < -0.4 is 4.72 Å². The van der Waals surface area contributed by atoms with Crippen LogP contribution in [0.5, 0.6) is 0 Å². The Morgan fingerprint density at radius 1 is 0.722 bits per heavy atom. The lowest BCUT2D eigenvalue weighted by molar-refractivity contribution is 0.0532. The molecule has 0 atom stereocenters. The molecule has 1 N–H and O–H groups in total. The minimum absolute atomic E-state index is 0.0823. The van der Waals surface area contributed by atoms with Gasteiger partial charge >= 0.3 is 0 Å². The summed E-state index contributed by atoms with van der Waals surface area (Å²) in [5.74, 6) is -0.326. The maximum absolute atomic E-state index is 13.0. The molecule has 36 heavy (non-hydrogen) atoms. The Kier molecular flexibility index (Phi) is 6.34. The topological polar surface area (TPSA) is 113 Å². The minimum Gasteiger partial charge on any atom is -0.335 e. The SMILES string of the molecule is O=C(c1ccc(NS(=O)(=O)c2cccc3cccnc23)cc1)N1CCN(C(=O)c2ccccn2)CC1. The number of nitrogens with zero attached hydrogens (tertiary/aromatic N) is 4. The van der Waals surface area contributed by atoms with Crippen molar-refractivity contribution in [3.8, 4) is 0 Å². The molecular formula is C26H23N5O4S. The van der Waals surface area contributed by atoms with Gasteiger partial charge in [-0.25, -0.2) is 8.42 Å². The van der Waals surface area contributed by atoms with Crippen LogP contribution in [0.1, 0.15) is 20.8 Å². The molecule has 0 unspecified atom stereocenters. The Morgan fingerprint density at radius 3 is 2.08 bits per heavy atom. The number of carbonyl (C=O) groups excluding carboxylic acids is 2. The lowest BCUT2D eigenvalue weighted by Crippen LogP contribution is -2.50. The number of para-hydroxylation sites is 1. The second-order valence-electron chi connectivity index (χ2n) is 8.31. The van der Waals surface area contributed by atoms with Gasteiger partial charge in [0.25, 0.3) is 21.8 Å². The van der Waals surface area contributed by atoms with E-state index < -0.39 is 10.0 Å². The molecule has 0 radical (unpaired) electrons. The van der Waals surface area contributed by atoms with Gasteiger partial charge in [-0.05, 0) is 48.5 Å². The van der Waals surface area contributed by atoms with Crippen LogP contribution in [0.4, 0.5) is 5.69 Å². The van der Waals surface area contributed by atoms with Crippen molar-refractivity contribution in [2.45, 2.75) is 4.90 Å². The second-order valence-corrected chi connectivity index (χ2v) is 9.96. The summed E-state index contributed by atoms with van der Waals surface area (Å²) < 4.78 is 28.6. The van der Waals surface area contributed by atoms with Crippen molar-refractivity contribution in [2.24, 2.45) is 0 Å². The van der Waals surface area contributed by atoms with Crippen molar-refractivity contribution in [1.29, 1.82) is 0 Å². The third-order valence-corrected chi connectivity index (χ3v) is 7.42. The van der Waals surface area contributed by atoms with Crippen LogP contribution in [-0.2, 0) is 10.0 Å². The van der Waals surface area contributed by atoms with E-state index in [-0.39, 0.29) is 16.7 Å². The van der Waals surface area contributed by atoms with Gasteiger partial charge in [-0.3, -0.25) is 24.3 Å². The summed E-state index contributed by atoms with van der Waals surface area (Å²) >= 11 is 0. The molecule has 4 aromatic rings. The molecule has 1 saturated heterocycles. The van der Waals surface area contributed by atoms with Gasteiger partial charge in [-0.15, -0.1) is 0 Å². The maximum atomic E-state index is 13.0. The van der Waals surface area contributed by atoms with Gasteiger partial charge in [-0.2, -0.15) is 0 Å². The van der Waals surface area contributed by atoms with E-state index in [1.54, 1.807) is 88.9 Å². The second kappa shape index (κ2) is 9.74. The molecule has 10 heteroatoms. The highest BCUT2D eigenvalue weighted by atomic mass is 32.2. The van der Waals surface area contributed by atoms with Gasteiger partial charge in [0.2, 0.25) is 0 Å². The Balaban J connectivity index is 1.23. The van der Waals surface area contributed by atoms with Crippen LogP contribution >= 0.6 is 0 Å². The van der Waals surface area contributed by atoms with Crippen LogP contribution in [0.3, 0.4) is 0 Å². The average Bonchev–Trinajstić information content (AvgIpc) is 2.93. The van der Waals surface area contributed by atoms with Crippen LogP contribution in [0, 0.1) is 0 Å². The fourth-order valence-corrected chi connectivity index (χ4v) is 5.37. The number of aromatic nitrogens is 2.